The van der Waals surface area contributed by atoms with Crippen molar-refractivity contribution in [3.05, 3.63) is 66.2 Å². The fourth-order valence-corrected chi connectivity index (χ4v) is 3.89. The molecule has 0 aliphatic rings. The van der Waals surface area contributed by atoms with Crippen LogP contribution in [0.3, 0.4) is 0 Å². The lowest BCUT2D eigenvalue weighted by molar-refractivity contribution is -0.140. The minimum atomic E-state index is -4.49. The summed E-state index contributed by atoms with van der Waals surface area (Å²) in [5.41, 5.74) is 2.42. The van der Waals surface area contributed by atoms with Gasteiger partial charge in [0.15, 0.2) is 34.5 Å². The molecule has 190 valence electrons. The smallest absolute Gasteiger partial charge is 0.434 e. The zero-order valence-corrected chi connectivity index (χ0v) is 20.1. The second-order valence-electron chi connectivity index (χ2n) is 8.18. The Bertz CT molecular complexity index is 1560. The molecule has 2 aromatic carbocycles. The molecule has 0 saturated heterocycles. The maximum Gasteiger partial charge on any atom is 0.434 e. The second kappa shape index (κ2) is 9.45. The van der Waals surface area contributed by atoms with Crippen LogP contribution < -0.4 is 14.8 Å². The highest BCUT2D eigenvalue weighted by Crippen LogP contribution is 2.33. The third-order valence-electron chi connectivity index (χ3n) is 5.77. The van der Waals surface area contributed by atoms with Gasteiger partial charge >= 0.3 is 6.18 Å². The summed E-state index contributed by atoms with van der Waals surface area (Å²) in [6.45, 7) is 0.408. The van der Waals surface area contributed by atoms with Crippen LogP contribution in [0.5, 0.6) is 11.5 Å². The molecule has 37 heavy (non-hydrogen) atoms. The molecule has 0 atom stereocenters. The molecule has 0 aliphatic carbocycles. The highest BCUT2D eigenvalue weighted by Gasteiger charge is 2.34. The van der Waals surface area contributed by atoms with Gasteiger partial charge in [-0.15, -0.1) is 0 Å². The van der Waals surface area contributed by atoms with E-state index in [2.05, 4.69) is 30.2 Å². The van der Waals surface area contributed by atoms with Gasteiger partial charge in [-0.25, -0.2) is 19.9 Å². The zero-order valence-electron chi connectivity index (χ0n) is 20.1. The molecule has 5 rings (SSSR count). The van der Waals surface area contributed by atoms with E-state index in [1.54, 1.807) is 44.8 Å². The Balaban J connectivity index is 1.39. The van der Waals surface area contributed by atoms with Gasteiger partial charge in [-0.3, -0.25) is 0 Å². The molecule has 3 aromatic heterocycles. The lowest BCUT2D eigenvalue weighted by Crippen LogP contribution is -2.05. The van der Waals surface area contributed by atoms with Gasteiger partial charge in [0.1, 0.15) is 11.3 Å². The van der Waals surface area contributed by atoms with Crippen molar-refractivity contribution < 1.29 is 22.6 Å². The first-order chi connectivity index (χ1) is 17.8. The summed E-state index contributed by atoms with van der Waals surface area (Å²) in [5, 5.41) is 3.30. The Labute approximate surface area is 209 Å². The topological polar surface area (TPSA) is 103 Å². The fourth-order valence-electron chi connectivity index (χ4n) is 3.89. The first-order valence-corrected chi connectivity index (χ1v) is 11.1. The van der Waals surface area contributed by atoms with Gasteiger partial charge in [0.05, 0.1) is 20.5 Å². The largest absolute Gasteiger partial charge is 0.493 e. The summed E-state index contributed by atoms with van der Waals surface area (Å²) < 4.78 is 51.1. The molecule has 0 bridgehead atoms. The maximum absolute atomic E-state index is 13.0. The molecule has 9 nitrogen and oxygen atoms in total. The van der Waals surface area contributed by atoms with Crippen LogP contribution in [0.2, 0.25) is 0 Å². The number of benzene rings is 2. The van der Waals surface area contributed by atoms with Gasteiger partial charge in [0.2, 0.25) is 0 Å². The lowest BCUT2D eigenvalue weighted by Gasteiger charge is -2.11. The van der Waals surface area contributed by atoms with Crippen molar-refractivity contribution in [3.8, 4) is 34.3 Å². The Morgan fingerprint density at radius 2 is 1.68 bits per heavy atom. The predicted octanol–water partition coefficient (Wildman–Crippen LogP) is 5.07. The molecule has 5 aromatic rings. The molecule has 0 fully saturated rings. The molecule has 3 heterocycles. The molecular weight excluding hydrogens is 487 g/mol. The number of nitrogens with one attached hydrogen (secondary N) is 2. The number of fused-ring (bicyclic) bond motifs is 1. The quantitative estimate of drug-likeness (QED) is 0.316. The Morgan fingerprint density at radius 1 is 0.946 bits per heavy atom. The zero-order chi connectivity index (χ0) is 26.2. The molecule has 0 aliphatic heterocycles. The van der Waals surface area contributed by atoms with Crippen molar-refractivity contribution in [1.29, 1.82) is 0 Å². The number of anilines is 1. The molecule has 0 radical (unpaired) electrons. The molecule has 12 heteroatoms. The Kier molecular flexibility index (Phi) is 6.15. The number of alkyl halides is 3. The van der Waals surface area contributed by atoms with Gasteiger partial charge in [-0.2, -0.15) is 13.2 Å². The number of aromatic amines is 1. The van der Waals surface area contributed by atoms with E-state index in [-0.39, 0.29) is 5.82 Å². The van der Waals surface area contributed by atoms with E-state index in [1.807, 2.05) is 18.2 Å². The third kappa shape index (κ3) is 4.77. The number of hydrogen-bond donors (Lipinski definition) is 2. The van der Waals surface area contributed by atoms with E-state index >= 15 is 0 Å². The Hall–Kier alpha value is -4.61. The van der Waals surface area contributed by atoms with Crippen LogP contribution in [0, 0.1) is 0 Å². The van der Waals surface area contributed by atoms with Crippen LogP contribution in [0.25, 0.3) is 33.9 Å². The van der Waals surface area contributed by atoms with E-state index in [1.165, 1.54) is 11.6 Å². The van der Waals surface area contributed by atoms with E-state index in [0.717, 1.165) is 17.3 Å². The third-order valence-corrected chi connectivity index (χ3v) is 5.77. The molecule has 0 saturated carbocycles. The minimum absolute atomic E-state index is 0.237. The first kappa shape index (κ1) is 24.1. The van der Waals surface area contributed by atoms with Crippen molar-refractivity contribution in [2.45, 2.75) is 12.7 Å². The van der Waals surface area contributed by atoms with E-state index < -0.39 is 11.9 Å². The predicted molar refractivity (Wildman–Crippen MR) is 131 cm³/mol. The molecular formula is C25H22F3N7O2. The van der Waals surface area contributed by atoms with Crippen LogP contribution in [0.4, 0.5) is 19.0 Å². The summed E-state index contributed by atoms with van der Waals surface area (Å²) in [6.07, 6.45) is -1.98. The number of H-pyrrole nitrogens is 1. The van der Waals surface area contributed by atoms with Crippen molar-refractivity contribution in [2.24, 2.45) is 7.05 Å². The van der Waals surface area contributed by atoms with E-state index in [4.69, 9.17) is 9.47 Å². The number of ether oxygens (including phenoxy) is 2. The van der Waals surface area contributed by atoms with E-state index in [9.17, 15) is 13.2 Å². The minimum Gasteiger partial charge on any atom is -0.493 e. The molecule has 2 N–H and O–H groups in total. The van der Waals surface area contributed by atoms with Gasteiger partial charge in [0.25, 0.3) is 0 Å². The molecule has 0 spiro atoms. The maximum atomic E-state index is 13.0. The number of halogens is 3. The van der Waals surface area contributed by atoms with Gasteiger partial charge in [-0.05, 0) is 23.8 Å². The SMILES string of the molecule is COc1ccc(-c2nc(NCc3ccc(-c4nc(C(F)(F)F)cn4C)cc3)c3[nH]cnc3n2)cc1OC. The summed E-state index contributed by atoms with van der Waals surface area (Å²) >= 11 is 0. The van der Waals surface area contributed by atoms with E-state index in [0.29, 0.717) is 46.4 Å². The van der Waals surface area contributed by atoms with Crippen molar-refractivity contribution >= 4 is 17.0 Å². The number of hydrogen-bond acceptors (Lipinski definition) is 7. The molecule has 0 unspecified atom stereocenters. The number of nitrogens with zero attached hydrogens (tertiary/aromatic N) is 5. The van der Waals surface area contributed by atoms with Crippen LogP contribution in [-0.4, -0.2) is 43.7 Å². The standard InChI is InChI=1S/C25H22F3N7O2/c1-35-12-19(25(26,27)28)32-24(35)15-6-4-14(5-7-15)11-29-22-20-23(31-13-30-20)34-21(33-22)16-8-9-17(36-2)18(10-16)37-3/h4-10,12-13H,11H2,1-3H3,(H2,29,30,31,33,34). The summed E-state index contributed by atoms with van der Waals surface area (Å²) in [7, 11) is 4.66. The number of imidazole rings is 2. The van der Waals surface area contributed by atoms with Crippen LogP contribution in [0.1, 0.15) is 11.3 Å². The highest BCUT2D eigenvalue weighted by molar-refractivity contribution is 5.84. The fraction of sp³-hybridized carbons (Fsp3) is 0.200. The summed E-state index contributed by atoms with van der Waals surface area (Å²) in [4.78, 5) is 20.3. The summed E-state index contributed by atoms with van der Waals surface area (Å²) in [5.74, 6) is 2.38. The Morgan fingerprint density at radius 3 is 2.35 bits per heavy atom. The first-order valence-electron chi connectivity index (χ1n) is 11.1. The number of methoxy groups -OCH3 is 2. The van der Waals surface area contributed by atoms with Gasteiger partial charge in [0, 0.05) is 30.9 Å². The number of aromatic nitrogens is 6. The average molecular weight is 509 g/mol. The lowest BCUT2D eigenvalue weighted by atomic mass is 10.1. The number of rotatable bonds is 7. The highest BCUT2D eigenvalue weighted by atomic mass is 19.4. The normalized spacial score (nSPS) is 11.6. The second-order valence-corrected chi connectivity index (χ2v) is 8.18. The molecule has 0 amide bonds. The van der Waals surface area contributed by atoms with Gasteiger partial charge in [-0.1, -0.05) is 24.3 Å². The van der Waals surface area contributed by atoms with Crippen LogP contribution in [0.15, 0.2) is 55.0 Å². The average Bonchev–Trinajstić information content (AvgIpc) is 3.53. The van der Waals surface area contributed by atoms with Gasteiger partial charge < -0.3 is 24.3 Å². The van der Waals surface area contributed by atoms with Crippen molar-refractivity contribution in [1.82, 2.24) is 29.5 Å². The van der Waals surface area contributed by atoms with Crippen LogP contribution >= 0.6 is 0 Å². The monoisotopic (exact) mass is 509 g/mol. The van der Waals surface area contributed by atoms with Crippen LogP contribution in [-0.2, 0) is 19.8 Å². The number of aryl methyl sites for hydroxylation is 1. The van der Waals surface area contributed by atoms with Crippen molar-refractivity contribution in [3.63, 3.8) is 0 Å². The summed E-state index contributed by atoms with van der Waals surface area (Å²) in [6, 6.07) is 12.5. The van der Waals surface area contributed by atoms with Crippen molar-refractivity contribution in [2.75, 3.05) is 19.5 Å².